The van der Waals surface area contributed by atoms with Crippen LogP contribution in [0.5, 0.6) is 23.0 Å². The van der Waals surface area contributed by atoms with Crippen LogP contribution in [-0.2, 0) is 19.6 Å². The molecule has 0 aliphatic heterocycles. The van der Waals surface area contributed by atoms with Crippen molar-refractivity contribution in [3.8, 4) is 23.0 Å². The summed E-state index contributed by atoms with van der Waals surface area (Å²) in [6.45, 7) is 0.904. The zero-order valence-corrected chi connectivity index (χ0v) is 23.6. The molecule has 2 atom stereocenters. The fraction of sp³-hybridized carbons (Fsp3) is 0.257. The maximum Gasteiger partial charge on any atom is 0.161 e. The Hall–Kier alpha value is -4.26. The Labute approximate surface area is 242 Å². The van der Waals surface area contributed by atoms with Gasteiger partial charge in [0.1, 0.15) is 13.2 Å². The standard InChI is InChI=1S/C35H38O6/c1-38-34-21-26(15-19-32(34)40-24-28-9-5-3-6-10-28)13-17-30(36)23-31(37)18-14-27-16-20-33(35(22-27)39-2)41-25-29-11-7-4-8-12-29/h3-13,15-17,19-22,30-31,36-37H,14,18,23-25H2,1-2H3/b17-13-/t30-,31+/m0/s1. The third-order valence-corrected chi connectivity index (χ3v) is 6.68. The highest BCUT2D eigenvalue weighted by Gasteiger charge is 2.12. The molecule has 0 bridgehead atoms. The predicted octanol–water partition coefficient (Wildman–Crippen LogP) is 6.62. The maximum atomic E-state index is 10.6. The smallest absolute Gasteiger partial charge is 0.161 e. The number of hydrogen-bond donors (Lipinski definition) is 2. The zero-order chi connectivity index (χ0) is 28.9. The van der Waals surface area contributed by atoms with Crippen LogP contribution in [0.4, 0.5) is 0 Å². The maximum absolute atomic E-state index is 10.6. The molecule has 0 aliphatic carbocycles. The fourth-order valence-electron chi connectivity index (χ4n) is 4.40. The molecule has 0 unspecified atom stereocenters. The summed E-state index contributed by atoms with van der Waals surface area (Å²) in [4.78, 5) is 0. The molecule has 4 rings (SSSR count). The third kappa shape index (κ3) is 9.41. The lowest BCUT2D eigenvalue weighted by Gasteiger charge is -2.15. The van der Waals surface area contributed by atoms with Gasteiger partial charge in [0.2, 0.25) is 0 Å². The van der Waals surface area contributed by atoms with Crippen LogP contribution in [-0.4, -0.2) is 36.6 Å². The normalized spacial score (nSPS) is 12.6. The topological polar surface area (TPSA) is 77.4 Å². The molecule has 41 heavy (non-hydrogen) atoms. The van der Waals surface area contributed by atoms with Gasteiger partial charge in [-0.3, -0.25) is 0 Å². The molecule has 6 nitrogen and oxygen atoms in total. The van der Waals surface area contributed by atoms with Crippen molar-refractivity contribution in [2.75, 3.05) is 14.2 Å². The van der Waals surface area contributed by atoms with Gasteiger partial charge in [-0.05, 0) is 59.4 Å². The van der Waals surface area contributed by atoms with Crippen LogP contribution in [0.2, 0.25) is 0 Å². The minimum Gasteiger partial charge on any atom is -0.493 e. The summed E-state index contributed by atoms with van der Waals surface area (Å²) in [5, 5.41) is 21.1. The molecule has 0 saturated carbocycles. The van der Waals surface area contributed by atoms with E-state index < -0.39 is 12.2 Å². The van der Waals surface area contributed by atoms with Crippen molar-refractivity contribution in [1.82, 2.24) is 0 Å². The molecule has 0 saturated heterocycles. The molecule has 0 radical (unpaired) electrons. The first-order valence-electron chi connectivity index (χ1n) is 13.8. The van der Waals surface area contributed by atoms with Crippen LogP contribution >= 0.6 is 0 Å². The van der Waals surface area contributed by atoms with Crippen LogP contribution in [0, 0.1) is 0 Å². The average Bonchev–Trinajstić information content (AvgIpc) is 3.02. The molecule has 6 heteroatoms. The van der Waals surface area contributed by atoms with Gasteiger partial charge in [-0.25, -0.2) is 0 Å². The molecule has 214 valence electrons. The molecule has 0 aromatic heterocycles. The first-order chi connectivity index (χ1) is 20.0. The van der Waals surface area contributed by atoms with E-state index in [1.807, 2.05) is 103 Å². The number of ether oxygens (including phenoxy) is 4. The summed E-state index contributed by atoms with van der Waals surface area (Å²) in [5.74, 6) is 2.60. The van der Waals surface area contributed by atoms with E-state index in [0.717, 1.165) is 22.3 Å². The van der Waals surface area contributed by atoms with E-state index in [9.17, 15) is 10.2 Å². The van der Waals surface area contributed by atoms with Crippen LogP contribution in [0.15, 0.2) is 103 Å². The molecule has 2 N–H and O–H groups in total. The number of aliphatic hydroxyl groups excluding tert-OH is 2. The number of aliphatic hydroxyl groups is 2. The van der Waals surface area contributed by atoms with E-state index in [0.29, 0.717) is 49.1 Å². The lowest BCUT2D eigenvalue weighted by molar-refractivity contribution is 0.0983. The average molecular weight is 555 g/mol. The lowest BCUT2D eigenvalue weighted by atomic mass is 10.0. The Morgan fingerprint density at radius 3 is 1.78 bits per heavy atom. The van der Waals surface area contributed by atoms with E-state index in [1.165, 1.54) is 0 Å². The Bertz CT molecular complexity index is 1370. The molecule has 4 aromatic rings. The van der Waals surface area contributed by atoms with Crippen molar-refractivity contribution in [3.63, 3.8) is 0 Å². The van der Waals surface area contributed by atoms with Gasteiger partial charge >= 0.3 is 0 Å². The highest BCUT2D eigenvalue weighted by atomic mass is 16.5. The molecule has 0 spiro atoms. The molecule has 0 aliphatic rings. The van der Waals surface area contributed by atoms with Crippen molar-refractivity contribution in [1.29, 1.82) is 0 Å². The van der Waals surface area contributed by atoms with Crippen molar-refractivity contribution in [2.24, 2.45) is 0 Å². The monoisotopic (exact) mass is 554 g/mol. The first-order valence-corrected chi connectivity index (χ1v) is 13.8. The van der Waals surface area contributed by atoms with Gasteiger partial charge in [0.05, 0.1) is 26.4 Å². The highest BCUT2D eigenvalue weighted by Crippen LogP contribution is 2.31. The largest absolute Gasteiger partial charge is 0.493 e. The minimum atomic E-state index is -0.784. The molecule has 0 amide bonds. The minimum absolute atomic E-state index is 0.237. The summed E-state index contributed by atoms with van der Waals surface area (Å²) in [7, 11) is 3.22. The van der Waals surface area contributed by atoms with E-state index in [4.69, 9.17) is 18.9 Å². The van der Waals surface area contributed by atoms with Gasteiger partial charge in [0.25, 0.3) is 0 Å². The van der Waals surface area contributed by atoms with Gasteiger partial charge in [-0.1, -0.05) is 84.9 Å². The Balaban J connectivity index is 1.24. The van der Waals surface area contributed by atoms with Crippen molar-refractivity contribution < 1.29 is 29.2 Å². The number of rotatable bonds is 15. The second kappa shape index (κ2) is 15.5. The van der Waals surface area contributed by atoms with Gasteiger partial charge in [0.15, 0.2) is 23.0 Å². The van der Waals surface area contributed by atoms with E-state index in [2.05, 4.69) is 0 Å². The number of aryl methyl sites for hydroxylation is 1. The zero-order valence-electron chi connectivity index (χ0n) is 23.6. The van der Waals surface area contributed by atoms with Gasteiger partial charge in [-0.15, -0.1) is 0 Å². The molecular formula is C35H38O6. The highest BCUT2D eigenvalue weighted by molar-refractivity contribution is 5.56. The van der Waals surface area contributed by atoms with E-state index in [-0.39, 0.29) is 6.42 Å². The number of methoxy groups -OCH3 is 2. The quantitative estimate of drug-likeness (QED) is 0.172. The molecule has 0 heterocycles. The molecular weight excluding hydrogens is 516 g/mol. The molecule has 0 fully saturated rings. The van der Waals surface area contributed by atoms with Crippen LogP contribution < -0.4 is 18.9 Å². The van der Waals surface area contributed by atoms with Gasteiger partial charge in [0, 0.05) is 6.42 Å². The van der Waals surface area contributed by atoms with E-state index >= 15 is 0 Å². The number of hydrogen-bond acceptors (Lipinski definition) is 6. The summed E-state index contributed by atoms with van der Waals surface area (Å²) < 4.78 is 22.9. The Kier molecular flexibility index (Phi) is 11.2. The second-order valence-electron chi connectivity index (χ2n) is 9.80. The summed E-state index contributed by atoms with van der Waals surface area (Å²) >= 11 is 0. The van der Waals surface area contributed by atoms with Crippen molar-refractivity contribution in [2.45, 2.75) is 44.7 Å². The van der Waals surface area contributed by atoms with Gasteiger partial charge < -0.3 is 29.2 Å². The summed E-state index contributed by atoms with van der Waals surface area (Å²) in [6.07, 6.45) is 3.46. The Morgan fingerprint density at radius 1 is 0.634 bits per heavy atom. The lowest BCUT2D eigenvalue weighted by Crippen LogP contribution is -2.16. The first kappa shape index (κ1) is 29.7. The van der Waals surface area contributed by atoms with Crippen LogP contribution in [0.3, 0.4) is 0 Å². The van der Waals surface area contributed by atoms with Gasteiger partial charge in [-0.2, -0.15) is 0 Å². The third-order valence-electron chi connectivity index (χ3n) is 6.68. The molecule has 4 aromatic carbocycles. The van der Waals surface area contributed by atoms with E-state index in [1.54, 1.807) is 20.3 Å². The van der Waals surface area contributed by atoms with Crippen molar-refractivity contribution in [3.05, 3.63) is 125 Å². The SMILES string of the molecule is COc1cc(/C=C\[C@H](O)C[C@H](O)CCc2ccc(OCc3ccccc3)c(OC)c2)ccc1OCc1ccccc1. The van der Waals surface area contributed by atoms with Crippen LogP contribution in [0.25, 0.3) is 6.08 Å². The van der Waals surface area contributed by atoms with Crippen molar-refractivity contribution >= 4 is 6.08 Å². The fourth-order valence-corrected chi connectivity index (χ4v) is 4.40. The van der Waals surface area contributed by atoms with Crippen LogP contribution in [0.1, 0.15) is 35.1 Å². The summed E-state index contributed by atoms with van der Waals surface area (Å²) in [6, 6.07) is 31.3. The summed E-state index contributed by atoms with van der Waals surface area (Å²) in [5.41, 5.74) is 4.05. The second-order valence-corrected chi connectivity index (χ2v) is 9.80. The predicted molar refractivity (Wildman–Crippen MR) is 162 cm³/mol. The Morgan fingerprint density at radius 2 is 1.20 bits per heavy atom. The number of benzene rings is 4.